The Hall–Kier alpha value is -1.30. The van der Waals surface area contributed by atoms with Crippen molar-refractivity contribution in [1.29, 1.82) is 0 Å². The second kappa shape index (κ2) is 8.70. The van der Waals surface area contributed by atoms with Crippen LogP contribution in [0.5, 0.6) is 0 Å². The largest absolute Gasteiger partial charge is 0.341 e. The molecule has 3 amide bonds. The Morgan fingerprint density at radius 2 is 1.46 bits per heavy atom. The molecule has 6 nitrogen and oxygen atoms in total. The SMILES string of the molecule is CCN(C(=O)N1CCN([C@H](C)C(=O)N2CCCCC2)CC1)C(C)C. The quantitative estimate of drug-likeness (QED) is 0.786. The zero-order valence-electron chi connectivity index (χ0n) is 15.8. The first kappa shape index (κ1) is 19.0. The number of hydrogen-bond acceptors (Lipinski definition) is 3. The van der Waals surface area contributed by atoms with Crippen LogP contribution >= 0.6 is 0 Å². The van der Waals surface area contributed by atoms with Crippen LogP contribution in [0.3, 0.4) is 0 Å². The van der Waals surface area contributed by atoms with Gasteiger partial charge < -0.3 is 14.7 Å². The lowest BCUT2D eigenvalue weighted by atomic mass is 10.1. The van der Waals surface area contributed by atoms with E-state index in [1.807, 2.05) is 28.5 Å². The third-order valence-corrected chi connectivity index (χ3v) is 5.37. The summed E-state index contributed by atoms with van der Waals surface area (Å²) >= 11 is 0. The number of urea groups is 1. The molecule has 0 aromatic rings. The number of nitrogens with zero attached hydrogens (tertiary/aromatic N) is 4. The van der Waals surface area contributed by atoms with Crippen molar-refractivity contribution in [3.8, 4) is 0 Å². The number of piperazine rings is 1. The van der Waals surface area contributed by atoms with E-state index in [2.05, 4.69) is 18.7 Å². The lowest BCUT2D eigenvalue weighted by Crippen LogP contribution is -2.58. The highest BCUT2D eigenvalue weighted by atomic mass is 16.2. The van der Waals surface area contributed by atoms with E-state index in [1.165, 1.54) is 6.42 Å². The fourth-order valence-electron chi connectivity index (χ4n) is 3.74. The highest BCUT2D eigenvalue weighted by Crippen LogP contribution is 2.15. The molecule has 2 heterocycles. The number of rotatable bonds is 4. The topological polar surface area (TPSA) is 47.1 Å². The van der Waals surface area contributed by atoms with Gasteiger partial charge in [-0.1, -0.05) is 0 Å². The molecule has 0 saturated carbocycles. The van der Waals surface area contributed by atoms with Gasteiger partial charge in [0, 0.05) is 51.9 Å². The molecule has 0 radical (unpaired) electrons. The van der Waals surface area contributed by atoms with E-state index in [0.717, 1.165) is 45.6 Å². The van der Waals surface area contributed by atoms with E-state index in [1.54, 1.807) is 0 Å². The Morgan fingerprint density at radius 1 is 0.875 bits per heavy atom. The molecule has 0 aliphatic carbocycles. The summed E-state index contributed by atoms with van der Waals surface area (Å²) in [6.07, 6.45) is 3.49. The van der Waals surface area contributed by atoms with E-state index in [0.29, 0.717) is 13.1 Å². The van der Waals surface area contributed by atoms with Crippen LogP contribution in [0.15, 0.2) is 0 Å². The lowest BCUT2D eigenvalue weighted by molar-refractivity contribution is -0.137. The molecular formula is C18H34N4O2. The average Bonchev–Trinajstić information content (AvgIpc) is 2.61. The second-order valence-electron chi connectivity index (χ2n) is 7.25. The van der Waals surface area contributed by atoms with Gasteiger partial charge in [0.2, 0.25) is 5.91 Å². The third kappa shape index (κ3) is 4.41. The maximum Gasteiger partial charge on any atom is 0.320 e. The molecule has 2 fully saturated rings. The predicted octanol–water partition coefficient (Wildman–Crippen LogP) is 1.86. The van der Waals surface area contributed by atoms with Crippen LogP contribution in [0.2, 0.25) is 0 Å². The van der Waals surface area contributed by atoms with Gasteiger partial charge in [0.15, 0.2) is 0 Å². The fourth-order valence-corrected chi connectivity index (χ4v) is 3.74. The zero-order chi connectivity index (χ0) is 17.7. The molecule has 1 atom stereocenters. The minimum absolute atomic E-state index is 0.0762. The highest BCUT2D eigenvalue weighted by molar-refractivity contribution is 5.81. The van der Waals surface area contributed by atoms with Gasteiger partial charge in [-0.25, -0.2) is 4.79 Å². The maximum absolute atomic E-state index is 12.7. The van der Waals surface area contributed by atoms with Crippen molar-refractivity contribution in [2.75, 3.05) is 45.8 Å². The first-order valence-corrected chi connectivity index (χ1v) is 9.54. The smallest absolute Gasteiger partial charge is 0.320 e. The first-order chi connectivity index (χ1) is 11.5. The summed E-state index contributed by atoms with van der Waals surface area (Å²) < 4.78 is 0. The summed E-state index contributed by atoms with van der Waals surface area (Å²) in [5, 5.41) is 0. The van der Waals surface area contributed by atoms with Gasteiger partial charge in [0.1, 0.15) is 0 Å². The minimum Gasteiger partial charge on any atom is -0.341 e. The van der Waals surface area contributed by atoms with Gasteiger partial charge in [-0.05, 0) is 47.0 Å². The summed E-state index contributed by atoms with van der Waals surface area (Å²) in [5.41, 5.74) is 0. The molecule has 0 unspecified atom stereocenters. The van der Waals surface area contributed by atoms with E-state index in [4.69, 9.17) is 0 Å². The zero-order valence-corrected chi connectivity index (χ0v) is 15.8. The summed E-state index contributed by atoms with van der Waals surface area (Å²) in [7, 11) is 0. The molecule has 0 spiro atoms. The molecule has 0 aromatic heterocycles. The van der Waals surface area contributed by atoms with Crippen LogP contribution in [0.1, 0.15) is 47.0 Å². The normalized spacial score (nSPS) is 21.0. The monoisotopic (exact) mass is 338 g/mol. The van der Waals surface area contributed by atoms with Crippen molar-refractivity contribution < 1.29 is 9.59 Å². The summed E-state index contributed by atoms with van der Waals surface area (Å²) in [5.74, 6) is 0.256. The fraction of sp³-hybridized carbons (Fsp3) is 0.889. The van der Waals surface area contributed by atoms with Crippen LogP contribution in [0.4, 0.5) is 4.79 Å². The molecule has 24 heavy (non-hydrogen) atoms. The number of amides is 3. The van der Waals surface area contributed by atoms with Crippen LogP contribution in [-0.2, 0) is 4.79 Å². The van der Waals surface area contributed by atoms with Crippen molar-refractivity contribution in [2.24, 2.45) is 0 Å². The molecular weight excluding hydrogens is 304 g/mol. The molecule has 6 heteroatoms. The summed E-state index contributed by atoms with van der Waals surface area (Å²) in [4.78, 5) is 33.3. The van der Waals surface area contributed by atoms with Gasteiger partial charge in [-0.15, -0.1) is 0 Å². The average molecular weight is 338 g/mol. The Morgan fingerprint density at radius 3 is 1.96 bits per heavy atom. The van der Waals surface area contributed by atoms with Crippen LogP contribution < -0.4 is 0 Å². The van der Waals surface area contributed by atoms with Gasteiger partial charge >= 0.3 is 6.03 Å². The number of carbonyl (C=O) groups excluding carboxylic acids is 2. The molecule has 2 rings (SSSR count). The second-order valence-corrected chi connectivity index (χ2v) is 7.25. The molecule has 0 aromatic carbocycles. The van der Waals surface area contributed by atoms with Crippen molar-refractivity contribution in [3.63, 3.8) is 0 Å². The molecule has 0 N–H and O–H groups in total. The van der Waals surface area contributed by atoms with E-state index >= 15 is 0 Å². The van der Waals surface area contributed by atoms with E-state index < -0.39 is 0 Å². The van der Waals surface area contributed by atoms with Crippen molar-refractivity contribution >= 4 is 11.9 Å². The first-order valence-electron chi connectivity index (χ1n) is 9.54. The molecule has 0 bridgehead atoms. The maximum atomic E-state index is 12.7. The van der Waals surface area contributed by atoms with Crippen LogP contribution in [0, 0.1) is 0 Å². The molecule has 2 aliphatic rings. The third-order valence-electron chi connectivity index (χ3n) is 5.37. The van der Waals surface area contributed by atoms with E-state index in [-0.39, 0.29) is 24.0 Å². The summed E-state index contributed by atoms with van der Waals surface area (Å²) in [6.45, 7) is 13.7. The molecule has 2 aliphatic heterocycles. The number of likely N-dealkylation sites (tertiary alicyclic amines) is 1. The Balaban J connectivity index is 1.85. The Labute approximate surface area is 146 Å². The van der Waals surface area contributed by atoms with Gasteiger partial charge in [-0.2, -0.15) is 0 Å². The predicted molar refractivity (Wildman–Crippen MR) is 96.0 cm³/mol. The van der Waals surface area contributed by atoms with Crippen molar-refractivity contribution in [2.45, 2.75) is 59.0 Å². The lowest BCUT2D eigenvalue weighted by Gasteiger charge is -2.41. The van der Waals surface area contributed by atoms with Crippen LogP contribution in [-0.4, -0.2) is 89.4 Å². The van der Waals surface area contributed by atoms with Gasteiger partial charge in [0.05, 0.1) is 6.04 Å². The van der Waals surface area contributed by atoms with Crippen LogP contribution in [0.25, 0.3) is 0 Å². The van der Waals surface area contributed by atoms with Gasteiger partial charge in [0.25, 0.3) is 0 Å². The Kier molecular flexibility index (Phi) is 6.90. The molecule has 2 saturated heterocycles. The number of piperidine rings is 1. The van der Waals surface area contributed by atoms with Crippen molar-refractivity contribution in [1.82, 2.24) is 19.6 Å². The van der Waals surface area contributed by atoms with E-state index in [9.17, 15) is 9.59 Å². The van der Waals surface area contributed by atoms with Gasteiger partial charge in [-0.3, -0.25) is 9.69 Å². The van der Waals surface area contributed by atoms with Crippen molar-refractivity contribution in [3.05, 3.63) is 0 Å². The highest BCUT2D eigenvalue weighted by Gasteiger charge is 2.31. The number of hydrogen-bond donors (Lipinski definition) is 0. The molecule has 138 valence electrons. The Bertz CT molecular complexity index is 427. The standard InChI is InChI=1S/C18H34N4O2/c1-5-22(15(2)3)18(24)21-13-11-19(12-14-21)16(4)17(23)20-9-7-6-8-10-20/h15-16H,5-14H2,1-4H3/t16-/m1/s1. The number of carbonyl (C=O) groups is 2. The summed E-state index contributed by atoms with van der Waals surface area (Å²) in [6, 6.07) is 0.273. The minimum atomic E-state index is -0.0762.